The number of benzene rings is 1. The number of aliphatic imine (C=N–C) groups is 1. The molecule has 0 spiro atoms. The Kier molecular flexibility index (Phi) is 6.17. The summed E-state index contributed by atoms with van der Waals surface area (Å²) in [6.07, 6.45) is 1.99. The fourth-order valence-electron chi connectivity index (χ4n) is 2.28. The molecule has 1 heterocycles. The van der Waals surface area contributed by atoms with Crippen molar-refractivity contribution in [1.29, 1.82) is 0 Å². The fraction of sp³-hybridized carbons (Fsp3) is 0.353. The van der Waals surface area contributed by atoms with Crippen LogP contribution >= 0.6 is 0 Å². The average molecular weight is 336 g/mol. The zero-order chi connectivity index (χ0) is 17.5. The van der Waals surface area contributed by atoms with Gasteiger partial charge in [-0.3, -0.25) is 4.99 Å². The number of hydrogen-bond acceptors (Lipinski definition) is 2. The molecule has 0 atom stereocenters. The number of ether oxygens (including phenoxy) is 1. The van der Waals surface area contributed by atoms with Gasteiger partial charge in [-0.2, -0.15) is 0 Å². The minimum atomic E-state index is -0.708. The van der Waals surface area contributed by atoms with Gasteiger partial charge in [0.05, 0.1) is 13.1 Å². The molecule has 0 aliphatic rings. The Morgan fingerprint density at radius 3 is 2.75 bits per heavy atom. The molecule has 0 fully saturated rings. The van der Waals surface area contributed by atoms with Crippen molar-refractivity contribution in [1.82, 2.24) is 14.8 Å². The highest BCUT2D eigenvalue weighted by molar-refractivity contribution is 5.79. The summed E-state index contributed by atoms with van der Waals surface area (Å²) >= 11 is 0. The van der Waals surface area contributed by atoms with E-state index >= 15 is 0 Å². The lowest BCUT2D eigenvalue weighted by molar-refractivity contribution is 0.302. The van der Waals surface area contributed by atoms with E-state index in [9.17, 15) is 8.78 Å². The second-order valence-electron chi connectivity index (χ2n) is 5.36. The summed E-state index contributed by atoms with van der Waals surface area (Å²) in [6, 6.07) is 7.28. The van der Waals surface area contributed by atoms with Crippen LogP contribution in [0.15, 0.2) is 41.5 Å². The number of guanidine groups is 1. The van der Waals surface area contributed by atoms with Crippen molar-refractivity contribution in [3.05, 3.63) is 53.9 Å². The molecular weight excluding hydrogens is 314 g/mol. The van der Waals surface area contributed by atoms with Gasteiger partial charge < -0.3 is 19.5 Å². The number of nitrogens with zero attached hydrogens (tertiary/aromatic N) is 3. The lowest BCUT2D eigenvalue weighted by Gasteiger charge is -2.22. The molecule has 0 aliphatic heterocycles. The van der Waals surface area contributed by atoms with E-state index in [0.29, 0.717) is 19.0 Å². The van der Waals surface area contributed by atoms with Crippen molar-refractivity contribution >= 4 is 5.96 Å². The lowest BCUT2D eigenvalue weighted by atomic mass is 10.3. The molecule has 130 valence electrons. The minimum Gasteiger partial charge on any atom is -0.489 e. The number of nitrogens with one attached hydrogen (secondary N) is 1. The Morgan fingerprint density at radius 2 is 2.12 bits per heavy atom. The smallest absolute Gasteiger partial charge is 0.193 e. The van der Waals surface area contributed by atoms with Crippen molar-refractivity contribution in [3.63, 3.8) is 0 Å². The summed E-state index contributed by atoms with van der Waals surface area (Å²) < 4.78 is 33.6. The molecule has 0 amide bonds. The second kappa shape index (κ2) is 8.33. The van der Waals surface area contributed by atoms with E-state index in [0.717, 1.165) is 11.8 Å². The first-order valence-electron chi connectivity index (χ1n) is 7.61. The molecule has 0 radical (unpaired) electrons. The third-order valence-electron chi connectivity index (χ3n) is 3.56. The van der Waals surface area contributed by atoms with E-state index in [4.69, 9.17) is 4.74 Å². The molecule has 7 heteroatoms. The van der Waals surface area contributed by atoms with Crippen LogP contribution in [-0.2, 0) is 13.6 Å². The molecule has 0 aliphatic carbocycles. The zero-order valence-corrected chi connectivity index (χ0v) is 14.1. The van der Waals surface area contributed by atoms with Crippen molar-refractivity contribution in [2.75, 3.05) is 27.2 Å². The highest BCUT2D eigenvalue weighted by Crippen LogP contribution is 2.17. The molecular formula is C17H22F2N4O. The van der Waals surface area contributed by atoms with Crippen LogP contribution in [0.5, 0.6) is 5.75 Å². The zero-order valence-electron chi connectivity index (χ0n) is 14.1. The standard InChI is InChI=1S/C17H22F2N4O/c1-20-17(23(3)12-14-5-4-9-22(14)2)21-8-10-24-16-7-6-13(18)11-15(16)19/h4-7,9,11H,8,10,12H2,1-3H3,(H,20,21). The molecule has 5 nitrogen and oxygen atoms in total. The van der Waals surface area contributed by atoms with Gasteiger partial charge in [-0.05, 0) is 24.3 Å². The van der Waals surface area contributed by atoms with Crippen LogP contribution in [0.2, 0.25) is 0 Å². The topological polar surface area (TPSA) is 41.8 Å². The molecule has 24 heavy (non-hydrogen) atoms. The predicted molar refractivity (Wildman–Crippen MR) is 90.1 cm³/mol. The number of rotatable bonds is 6. The van der Waals surface area contributed by atoms with Crippen molar-refractivity contribution in [3.8, 4) is 5.75 Å². The van der Waals surface area contributed by atoms with Gasteiger partial charge in [0.25, 0.3) is 0 Å². The van der Waals surface area contributed by atoms with Crippen molar-refractivity contribution in [2.45, 2.75) is 6.54 Å². The van der Waals surface area contributed by atoms with Gasteiger partial charge in [-0.25, -0.2) is 8.78 Å². The Balaban J connectivity index is 1.80. The quantitative estimate of drug-likeness (QED) is 0.500. The Labute approximate surface area is 140 Å². The molecule has 2 rings (SSSR count). The first kappa shape index (κ1) is 17.8. The van der Waals surface area contributed by atoms with E-state index in [-0.39, 0.29) is 12.4 Å². The summed E-state index contributed by atoms with van der Waals surface area (Å²) in [7, 11) is 5.62. The molecule has 0 unspecified atom stereocenters. The van der Waals surface area contributed by atoms with Crippen LogP contribution in [0.4, 0.5) is 8.78 Å². The van der Waals surface area contributed by atoms with Gasteiger partial charge >= 0.3 is 0 Å². The molecule has 1 N–H and O–H groups in total. The largest absolute Gasteiger partial charge is 0.489 e. The van der Waals surface area contributed by atoms with E-state index < -0.39 is 11.6 Å². The third-order valence-corrected chi connectivity index (χ3v) is 3.56. The van der Waals surface area contributed by atoms with Crippen LogP contribution in [0.25, 0.3) is 0 Å². The molecule has 1 aromatic heterocycles. The average Bonchev–Trinajstić information content (AvgIpc) is 2.94. The van der Waals surface area contributed by atoms with E-state index in [1.54, 1.807) is 7.05 Å². The summed E-state index contributed by atoms with van der Waals surface area (Å²) in [6.45, 7) is 1.39. The number of hydrogen-bond donors (Lipinski definition) is 1. The predicted octanol–water partition coefficient (Wildman–Crippen LogP) is 2.39. The van der Waals surface area contributed by atoms with Gasteiger partial charge in [0.1, 0.15) is 12.4 Å². The summed E-state index contributed by atoms with van der Waals surface area (Å²) in [5.74, 6) is -0.592. The monoisotopic (exact) mass is 336 g/mol. The SMILES string of the molecule is CN=C(NCCOc1ccc(F)cc1F)N(C)Cc1cccn1C. The summed E-state index contributed by atoms with van der Waals surface area (Å²) in [4.78, 5) is 6.19. The Morgan fingerprint density at radius 1 is 1.33 bits per heavy atom. The van der Waals surface area contributed by atoms with Gasteiger partial charge in [0.15, 0.2) is 17.5 Å². The maximum absolute atomic E-state index is 13.5. The Bertz CT molecular complexity index is 700. The fourth-order valence-corrected chi connectivity index (χ4v) is 2.28. The first-order valence-corrected chi connectivity index (χ1v) is 7.61. The van der Waals surface area contributed by atoms with Crippen LogP contribution in [0.3, 0.4) is 0 Å². The molecule has 0 bridgehead atoms. The van der Waals surface area contributed by atoms with E-state index in [1.807, 2.05) is 41.9 Å². The molecule has 1 aromatic carbocycles. The molecule has 0 saturated heterocycles. The van der Waals surface area contributed by atoms with Gasteiger partial charge in [-0.15, -0.1) is 0 Å². The molecule has 0 saturated carbocycles. The van der Waals surface area contributed by atoms with Crippen molar-refractivity contribution < 1.29 is 13.5 Å². The normalized spacial score (nSPS) is 11.5. The summed E-state index contributed by atoms with van der Waals surface area (Å²) in [5, 5.41) is 3.15. The van der Waals surface area contributed by atoms with Crippen molar-refractivity contribution in [2.24, 2.45) is 12.0 Å². The maximum atomic E-state index is 13.5. The molecule has 2 aromatic rings. The van der Waals surface area contributed by atoms with Crippen LogP contribution < -0.4 is 10.1 Å². The van der Waals surface area contributed by atoms with E-state index in [1.165, 1.54) is 12.1 Å². The van der Waals surface area contributed by atoms with Crippen LogP contribution in [0.1, 0.15) is 5.69 Å². The lowest BCUT2D eigenvalue weighted by Crippen LogP contribution is -2.40. The first-order chi connectivity index (χ1) is 11.5. The summed E-state index contributed by atoms with van der Waals surface area (Å²) in [5.41, 5.74) is 1.16. The highest BCUT2D eigenvalue weighted by atomic mass is 19.1. The number of aromatic nitrogens is 1. The van der Waals surface area contributed by atoms with E-state index in [2.05, 4.69) is 10.3 Å². The van der Waals surface area contributed by atoms with Crippen LogP contribution in [-0.4, -0.2) is 42.7 Å². The Hall–Kier alpha value is -2.57. The maximum Gasteiger partial charge on any atom is 0.193 e. The highest BCUT2D eigenvalue weighted by Gasteiger charge is 2.09. The second-order valence-corrected chi connectivity index (χ2v) is 5.36. The van der Waals surface area contributed by atoms with Crippen LogP contribution in [0, 0.1) is 11.6 Å². The number of halogens is 2. The number of aryl methyl sites for hydroxylation is 1. The van der Waals surface area contributed by atoms with Gasteiger partial charge in [0.2, 0.25) is 0 Å². The minimum absolute atomic E-state index is 0.0327. The third kappa shape index (κ3) is 4.71. The van der Waals surface area contributed by atoms with Gasteiger partial charge in [-0.1, -0.05) is 0 Å². The van der Waals surface area contributed by atoms with Gasteiger partial charge in [0, 0.05) is 39.1 Å².